The fraction of sp³-hybridized carbons (Fsp3) is 0.375. The molecule has 0 saturated carbocycles. The third-order valence-electron chi connectivity index (χ3n) is 4.03. The van der Waals surface area contributed by atoms with Crippen LogP contribution in [0.1, 0.15) is 36.1 Å². The molecule has 0 heterocycles. The number of aryl methyl sites for hydroxylation is 2. The summed E-state index contributed by atoms with van der Waals surface area (Å²) in [6.45, 7) is 3.45. The third kappa shape index (κ3) is 3.21. The fourth-order valence-electron chi connectivity index (χ4n) is 2.89. The summed E-state index contributed by atoms with van der Waals surface area (Å²) in [5, 5.41) is 1.87. The summed E-state index contributed by atoms with van der Waals surface area (Å²) in [4.78, 5) is 22.5. The molecular weight excluding hydrogens is 469 g/mol. The van der Waals surface area contributed by atoms with Crippen molar-refractivity contribution < 1.29 is 23.1 Å². The molecule has 8 heteroatoms. The quantitative estimate of drug-likeness (QED) is 0.461. The summed E-state index contributed by atoms with van der Waals surface area (Å²) in [5.74, 6) is 0. The zero-order chi connectivity index (χ0) is 18.3. The normalized spacial score (nSPS) is 12.8. The number of halogens is 4. The maximum atomic E-state index is 14.5. The van der Waals surface area contributed by atoms with Crippen LogP contribution in [0.25, 0.3) is 10.8 Å². The zero-order valence-corrected chi connectivity index (χ0v) is 17.1. The lowest BCUT2D eigenvalue weighted by molar-refractivity contribution is -0.335. The molecule has 0 saturated heterocycles. The number of rotatable bonds is 5. The van der Waals surface area contributed by atoms with Crippen LogP contribution in [0, 0.1) is 0 Å². The molecule has 0 spiro atoms. The van der Waals surface area contributed by atoms with Gasteiger partial charge in [0.15, 0.2) is 0 Å². The standard InChI is InChI=1S/C16H17Br2F2O3P/c1-3-10-13-7-9(8-17)5-6-12(13)11(4-2)15(18)14(10)16(19,20)24(21,22)23/h5-7H,3-4,8H2,1-2H3,(H2,21,22,23)/p-2. The molecule has 0 bridgehead atoms. The molecule has 3 nitrogen and oxygen atoms in total. The number of alkyl halides is 3. The van der Waals surface area contributed by atoms with E-state index in [4.69, 9.17) is 0 Å². The van der Waals surface area contributed by atoms with Gasteiger partial charge in [-0.05, 0) is 56.2 Å². The summed E-state index contributed by atoms with van der Waals surface area (Å²) < 4.78 is 40.2. The Morgan fingerprint density at radius 3 is 2.17 bits per heavy atom. The van der Waals surface area contributed by atoms with Gasteiger partial charge >= 0.3 is 0 Å². The van der Waals surface area contributed by atoms with Gasteiger partial charge in [-0.15, -0.1) is 0 Å². The molecule has 0 N–H and O–H groups in total. The highest BCUT2D eigenvalue weighted by Gasteiger charge is 2.41. The SMILES string of the molecule is CCc1c(Br)c(C(F)(F)P(=O)([O-])[O-])c(CC)c2cc(CBr)ccc12. The van der Waals surface area contributed by atoms with Crippen molar-refractivity contribution in [3.63, 3.8) is 0 Å². The summed E-state index contributed by atoms with van der Waals surface area (Å²) in [6.07, 6.45) is 0.593. The van der Waals surface area contributed by atoms with Crippen LogP contribution in [-0.4, -0.2) is 0 Å². The van der Waals surface area contributed by atoms with E-state index in [-0.39, 0.29) is 16.5 Å². The first-order chi connectivity index (χ1) is 11.1. The molecule has 0 aromatic heterocycles. The minimum atomic E-state index is -6.16. The molecule has 0 aliphatic carbocycles. The highest BCUT2D eigenvalue weighted by atomic mass is 79.9. The average Bonchev–Trinajstić information content (AvgIpc) is 2.51. The van der Waals surface area contributed by atoms with Crippen molar-refractivity contribution >= 4 is 50.2 Å². The summed E-state index contributed by atoms with van der Waals surface area (Å²) in [6, 6.07) is 5.48. The van der Waals surface area contributed by atoms with Crippen LogP contribution in [0.15, 0.2) is 22.7 Å². The van der Waals surface area contributed by atoms with Crippen LogP contribution in [-0.2, 0) is 28.4 Å². The van der Waals surface area contributed by atoms with Gasteiger partial charge in [-0.25, -0.2) is 0 Å². The molecule has 0 unspecified atom stereocenters. The van der Waals surface area contributed by atoms with Gasteiger partial charge in [0.1, 0.15) is 0 Å². The fourth-order valence-corrected chi connectivity index (χ4v) is 4.89. The predicted molar refractivity (Wildman–Crippen MR) is 94.5 cm³/mol. The second-order valence-electron chi connectivity index (χ2n) is 5.41. The Labute approximate surface area is 155 Å². The minimum absolute atomic E-state index is 0.00197. The number of benzene rings is 2. The number of fused-ring (bicyclic) bond motifs is 1. The Balaban J connectivity index is 3.04. The molecule has 0 radical (unpaired) electrons. The molecule has 24 heavy (non-hydrogen) atoms. The van der Waals surface area contributed by atoms with E-state index in [1.54, 1.807) is 19.9 Å². The Hall–Kier alpha value is -0.330. The van der Waals surface area contributed by atoms with Gasteiger partial charge in [0.2, 0.25) is 0 Å². The molecule has 0 aliphatic heterocycles. The van der Waals surface area contributed by atoms with Crippen molar-refractivity contribution in [3.8, 4) is 0 Å². The Morgan fingerprint density at radius 1 is 1.12 bits per heavy atom. The van der Waals surface area contributed by atoms with Crippen molar-refractivity contribution in [1.29, 1.82) is 0 Å². The second-order valence-corrected chi connectivity index (χ2v) is 8.32. The van der Waals surface area contributed by atoms with Gasteiger partial charge < -0.3 is 14.4 Å². The van der Waals surface area contributed by atoms with E-state index < -0.39 is 18.8 Å². The second kappa shape index (κ2) is 7.12. The molecule has 0 amide bonds. The highest BCUT2D eigenvalue weighted by molar-refractivity contribution is 9.10. The first kappa shape index (κ1) is 20.0. The van der Waals surface area contributed by atoms with E-state index >= 15 is 0 Å². The highest BCUT2D eigenvalue weighted by Crippen LogP contribution is 2.57. The zero-order valence-electron chi connectivity index (χ0n) is 13.0. The molecule has 2 aromatic carbocycles. The van der Waals surface area contributed by atoms with E-state index in [0.717, 1.165) is 10.9 Å². The van der Waals surface area contributed by atoms with Crippen molar-refractivity contribution in [2.75, 3.05) is 0 Å². The Kier molecular flexibility index (Phi) is 5.93. The predicted octanol–water partition coefficient (Wildman–Crippen LogP) is 4.59. The van der Waals surface area contributed by atoms with E-state index in [1.165, 1.54) is 0 Å². The van der Waals surface area contributed by atoms with Crippen LogP contribution in [0.2, 0.25) is 0 Å². The van der Waals surface area contributed by atoms with E-state index in [2.05, 4.69) is 31.9 Å². The van der Waals surface area contributed by atoms with Gasteiger partial charge in [-0.2, -0.15) is 8.78 Å². The summed E-state index contributed by atoms with van der Waals surface area (Å²) >= 11 is 6.46. The van der Waals surface area contributed by atoms with Crippen LogP contribution in [0.3, 0.4) is 0 Å². The van der Waals surface area contributed by atoms with Gasteiger partial charge in [0.05, 0.1) is 0 Å². The molecule has 0 atom stereocenters. The van der Waals surface area contributed by atoms with Crippen molar-refractivity contribution in [3.05, 3.63) is 44.9 Å². The first-order valence-corrected chi connectivity index (χ1v) is 10.8. The van der Waals surface area contributed by atoms with Crippen LogP contribution in [0.4, 0.5) is 8.78 Å². The number of hydrogen-bond donors (Lipinski definition) is 0. The van der Waals surface area contributed by atoms with Gasteiger partial charge in [0.25, 0.3) is 5.66 Å². The first-order valence-electron chi connectivity index (χ1n) is 7.32. The lowest BCUT2D eigenvalue weighted by Gasteiger charge is -2.39. The monoisotopic (exact) mass is 482 g/mol. The Bertz CT molecular complexity index is 834. The van der Waals surface area contributed by atoms with Gasteiger partial charge in [-0.3, -0.25) is 0 Å². The molecule has 2 aromatic rings. The largest absolute Gasteiger partial charge is 0.806 e. The lowest BCUT2D eigenvalue weighted by atomic mass is 9.91. The van der Waals surface area contributed by atoms with E-state index in [0.29, 0.717) is 22.7 Å². The molecular formula is C16H15Br2F2O3P-2. The molecule has 0 fully saturated rings. The molecule has 132 valence electrons. The van der Waals surface area contributed by atoms with Gasteiger partial charge in [-0.1, -0.05) is 48.0 Å². The Morgan fingerprint density at radius 2 is 1.71 bits per heavy atom. The van der Waals surface area contributed by atoms with Crippen LogP contribution in [0.5, 0.6) is 0 Å². The molecule has 2 rings (SSSR count). The average molecular weight is 484 g/mol. The van der Waals surface area contributed by atoms with Crippen molar-refractivity contribution in [2.24, 2.45) is 0 Å². The maximum Gasteiger partial charge on any atom is 0.298 e. The minimum Gasteiger partial charge on any atom is -0.806 e. The lowest BCUT2D eigenvalue weighted by Crippen LogP contribution is -2.31. The number of hydrogen-bond acceptors (Lipinski definition) is 3. The summed E-state index contributed by atoms with van der Waals surface area (Å²) in [7, 11) is -6.16. The maximum absolute atomic E-state index is 14.5. The summed E-state index contributed by atoms with van der Waals surface area (Å²) in [5.41, 5.74) is -3.59. The van der Waals surface area contributed by atoms with E-state index in [9.17, 15) is 23.1 Å². The molecule has 0 aliphatic rings. The van der Waals surface area contributed by atoms with E-state index in [1.807, 2.05) is 12.1 Å². The topological polar surface area (TPSA) is 63.2 Å². The van der Waals surface area contributed by atoms with Crippen molar-refractivity contribution in [1.82, 2.24) is 0 Å². The van der Waals surface area contributed by atoms with Gasteiger partial charge in [0, 0.05) is 23.0 Å². The third-order valence-corrected chi connectivity index (χ3v) is 6.46. The van der Waals surface area contributed by atoms with Crippen LogP contribution < -0.4 is 9.79 Å². The van der Waals surface area contributed by atoms with Crippen LogP contribution >= 0.6 is 39.5 Å². The smallest absolute Gasteiger partial charge is 0.298 e. The van der Waals surface area contributed by atoms with Crippen molar-refractivity contribution in [2.45, 2.75) is 37.7 Å².